The lowest BCUT2D eigenvalue weighted by atomic mass is 10.3. The Kier molecular flexibility index (Phi) is 4.86. The Morgan fingerprint density at radius 3 is 2.95 bits per heavy atom. The maximum atomic E-state index is 13.6. The fraction of sp³-hybridized carbons (Fsp3) is 0.333. The van der Waals surface area contributed by atoms with Crippen molar-refractivity contribution >= 4 is 27.6 Å². The molecule has 0 saturated heterocycles. The first kappa shape index (κ1) is 14.0. The quantitative estimate of drug-likeness (QED) is 0.797. The summed E-state index contributed by atoms with van der Waals surface area (Å²) in [6.07, 6.45) is 1.03. The molecule has 0 spiro atoms. The van der Waals surface area contributed by atoms with Gasteiger partial charge in [0.25, 0.3) is 0 Å². The zero-order valence-electron chi connectivity index (χ0n) is 10.4. The molecule has 1 heterocycles. The van der Waals surface area contributed by atoms with E-state index >= 15 is 0 Å². The van der Waals surface area contributed by atoms with Crippen molar-refractivity contribution in [2.45, 2.75) is 19.9 Å². The molecule has 0 unspecified atom stereocenters. The van der Waals surface area contributed by atoms with Crippen LogP contribution >= 0.6 is 15.9 Å². The highest BCUT2D eigenvalue weighted by molar-refractivity contribution is 9.10. The molecule has 0 aliphatic rings. The van der Waals surface area contributed by atoms with Gasteiger partial charge in [-0.05, 0) is 31.2 Å². The molecule has 2 N–H and O–H groups in total. The molecule has 7 heteroatoms. The van der Waals surface area contributed by atoms with Crippen molar-refractivity contribution in [1.29, 1.82) is 0 Å². The maximum Gasteiger partial charge on any atom is 0.320 e. The van der Waals surface area contributed by atoms with E-state index < -0.39 is 5.82 Å². The number of anilines is 2. The first-order valence-corrected chi connectivity index (χ1v) is 6.73. The molecule has 102 valence electrons. The Balaban J connectivity index is 1.99. The highest BCUT2D eigenvalue weighted by Gasteiger charge is 2.08. The summed E-state index contributed by atoms with van der Waals surface area (Å²) in [5.41, 5.74) is 0.292. The summed E-state index contributed by atoms with van der Waals surface area (Å²) in [4.78, 5) is 0. The van der Waals surface area contributed by atoms with E-state index in [9.17, 15) is 4.39 Å². The molecule has 2 aromatic rings. The average molecular weight is 329 g/mol. The summed E-state index contributed by atoms with van der Waals surface area (Å²) in [6.45, 7) is 3.46. The number of hydrogen-bond acceptors (Lipinski definition) is 5. The van der Waals surface area contributed by atoms with Crippen LogP contribution in [-0.2, 0) is 6.54 Å². The van der Waals surface area contributed by atoms with Crippen LogP contribution in [0.5, 0.6) is 0 Å². The van der Waals surface area contributed by atoms with Crippen molar-refractivity contribution in [2.75, 3.05) is 11.9 Å². The van der Waals surface area contributed by atoms with Gasteiger partial charge in [-0.2, -0.15) is 0 Å². The predicted molar refractivity (Wildman–Crippen MR) is 73.7 cm³/mol. The van der Waals surface area contributed by atoms with Crippen LogP contribution in [0, 0.1) is 5.82 Å². The van der Waals surface area contributed by atoms with Gasteiger partial charge in [0.2, 0.25) is 5.89 Å². The molecule has 5 nitrogen and oxygen atoms in total. The second-order valence-corrected chi connectivity index (χ2v) is 4.84. The third-order valence-electron chi connectivity index (χ3n) is 2.34. The predicted octanol–water partition coefficient (Wildman–Crippen LogP) is 3.21. The molecule has 0 radical (unpaired) electrons. The lowest BCUT2D eigenvalue weighted by Crippen LogP contribution is -2.13. The molecular formula is C12H14BrFN4O. The van der Waals surface area contributed by atoms with Crippen LogP contribution in [0.15, 0.2) is 27.1 Å². The number of benzene rings is 1. The van der Waals surface area contributed by atoms with E-state index in [0.29, 0.717) is 22.6 Å². The molecule has 2 rings (SSSR count). The van der Waals surface area contributed by atoms with Gasteiger partial charge >= 0.3 is 6.01 Å². The Bertz CT molecular complexity index is 546. The second kappa shape index (κ2) is 6.63. The SMILES string of the molecule is CCCNCc1nnc(Nc2ccc(Br)cc2F)o1. The van der Waals surface area contributed by atoms with Gasteiger partial charge in [-0.25, -0.2) is 4.39 Å². The number of nitrogens with one attached hydrogen (secondary N) is 2. The van der Waals surface area contributed by atoms with Crippen LogP contribution in [-0.4, -0.2) is 16.7 Å². The van der Waals surface area contributed by atoms with E-state index in [1.807, 2.05) is 0 Å². The molecule has 0 bridgehead atoms. The van der Waals surface area contributed by atoms with E-state index in [4.69, 9.17) is 4.42 Å². The van der Waals surface area contributed by atoms with Crippen molar-refractivity contribution in [1.82, 2.24) is 15.5 Å². The summed E-state index contributed by atoms with van der Waals surface area (Å²) >= 11 is 3.19. The fourth-order valence-corrected chi connectivity index (χ4v) is 1.79. The molecule has 0 amide bonds. The lowest BCUT2D eigenvalue weighted by Gasteiger charge is -2.02. The number of aromatic nitrogens is 2. The van der Waals surface area contributed by atoms with Crippen LogP contribution < -0.4 is 10.6 Å². The molecule has 0 aliphatic heterocycles. The van der Waals surface area contributed by atoms with E-state index in [0.717, 1.165) is 13.0 Å². The first-order valence-electron chi connectivity index (χ1n) is 5.94. The standard InChI is InChI=1S/C12H14BrFN4O/c1-2-5-15-7-11-17-18-12(19-11)16-10-4-3-8(13)6-9(10)14/h3-4,6,15H,2,5,7H2,1H3,(H,16,18). The van der Waals surface area contributed by atoms with Gasteiger partial charge < -0.3 is 15.1 Å². The Hall–Kier alpha value is -1.47. The normalized spacial score (nSPS) is 10.7. The number of halogens is 2. The summed E-state index contributed by atoms with van der Waals surface area (Å²) in [7, 11) is 0. The van der Waals surface area contributed by atoms with Gasteiger partial charge in [-0.15, -0.1) is 5.10 Å². The molecule has 0 saturated carbocycles. The average Bonchev–Trinajstić information content (AvgIpc) is 2.81. The van der Waals surface area contributed by atoms with Crippen LogP contribution in [0.2, 0.25) is 0 Å². The summed E-state index contributed by atoms with van der Waals surface area (Å²) in [5.74, 6) is 0.0757. The van der Waals surface area contributed by atoms with Gasteiger partial charge in [0.05, 0.1) is 12.2 Å². The van der Waals surface area contributed by atoms with Gasteiger partial charge in [-0.3, -0.25) is 0 Å². The second-order valence-electron chi connectivity index (χ2n) is 3.93. The minimum absolute atomic E-state index is 0.175. The summed E-state index contributed by atoms with van der Waals surface area (Å²) in [6, 6.07) is 4.86. The minimum Gasteiger partial charge on any atom is -0.406 e. The zero-order valence-corrected chi connectivity index (χ0v) is 12.0. The van der Waals surface area contributed by atoms with Crippen LogP contribution in [0.4, 0.5) is 16.1 Å². The van der Waals surface area contributed by atoms with E-state index in [2.05, 4.69) is 43.7 Å². The molecule has 0 atom stereocenters. The van der Waals surface area contributed by atoms with Gasteiger partial charge in [0.1, 0.15) is 5.82 Å². The lowest BCUT2D eigenvalue weighted by molar-refractivity contribution is 0.479. The van der Waals surface area contributed by atoms with E-state index in [1.165, 1.54) is 6.07 Å². The zero-order chi connectivity index (χ0) is 13.7. The summed E-state index contributed by atoms with van der Waals surface area (Å²) < 4.78 is 19.6. The van der Waals surface area contributed by atoms with Crippen molar-refractivity contribution in [3.8, 4) is 0 Å². The third-order valence-corrected chi connectivity index (χ3v) is 2.84. The van der Waals surface area contributed by atoms with Crippen molar-refractivity contribution in [2.24, 2.45) is 0 Å². The first-order chi connectivity index (χ1) is 9.19. The Morgan fingerprint density at radius 1 is 1.37 bits per heavy atom. The minimum atomic E-state index is -0.391. The Labute approximate surface area is 118 Å². The highest BCUT2D eigenvalue weighted by Crippen LogP contribution is 2.22. The highest BCUT2D eigenvalue weighted by atomic mass is 79.9. The maximum absolute atomic E-state index is 13.6. The fourth-order valence-electron chi connectivity index (χ4n) is 1.45. The molecule has 0 aliphatic carbocycles. The number of hydrogen-bond donors (Lipinski definition) is 2. The topological polar surface area (TPSA) is 63.0 Å². The number of rotatable bonds is 6. The third kappa shape index (κ3) is 4.00. The van der Waals surface area contributed by atoms with Crippen molar-refractivity contribution in [3.63, 3.8) is 0 Å². The van der Waals surface area contributed by atoms with E-state index in [1.54, 1.807) is 12.1 Å². The molecular weight excluding hydrogens is 315 g/mol. The van der Waals surface area contributed by atoms with E-state index in [-0.39, 0.29) is 6.01 Å². The van der Waals surface area contributed by atoms with Gasteiger partial charge in [-0.1, -0.05) is 28.0 Å². The van der Waals surface area contributed by atoms with Gasteiger partial charge in [0, 0.05) is 4.47 Å². The molecule has 1 aromatic carbocycles. The van der Waals surface area contributed by atoms with Gasteiger partial charge in [0.15, 0.2) is 0 Å². The smallest absolute Gasteiger partial charge is 0.320 e. The van der Waals surface area contributed by atoms with Crippen LogP contribution in [0.3, 0.4) is 0 Å². The van der Waals surface area contributed by atoms with Crippen molar-refractivity contribution in [3.05, 3.63) is 34.4 Å². The molecule has 19 heavy (non-hydrogen) atoms. The Morgan fingerprint density at radius 2 is 2.21 bits per heavy atom. The molecule has 1 aromatic heterocycles. The molecule has 0 fully saturated rings. The van der Waals surface area contributed by atoms with Crippen molar-refractivity contribution < 1.29 is 8.81 Å². The monoisotopic (exact) mass is 328 g/mol. The largest absolute Gasteiger partial charge is 0.406 e. The van der Waals surface area contributed by atoms with Crippen LogP contribution in [0.25, 0.3) is 0 Å². The van der Waals surface area contributed by atoms with Crippen LogP contribution in [0.1, 0.15) is 19.2 Å². The number of nitrogens with zero attached hydrogens (tertiary/aromatic N) is 2. The summed E-state index contributed by atoms with van der Waals surface area (Å²) in [5, 5.41) is 13.6.